The Labute approximate surface area is 190 Å². The lowest BCUT2D eigenvalue weighted by molar-refractivity contribution is -0.137. The van der Waals surface area contributed by atoms with Gasteiger partial charge in [-0.2, -0.15) is 13.2 Å². The lowest BCUT2D eigenvalue weighted by Crippen LogP contribution is -2.27. The molecule has 11 heteroatoms. The van der Waals surface area contributed by atoms with Crippen molar-refractivity contribution < 1.29 is 36.6 Å². The summed E-state index contributed by atoms with van der Waals surface area (Å²) in [5.74, 6) is -2.63. The topological polar surface area (TPSA) is 77.0 Å². The number of benzene rings is 2. The Morgan fingerprint density at radius 1 is 1.15 bits per heavy atom. The van der Waals surface area contributed by atoms with Crippen molar-refractivity contribution in [1.82, 2.24) is 5.32 Å². The first-order chi connectivity index (χ1) is 15.4. The Bertz CT molecular complexity index is 1160. The molecular weight excluding hydrogens is 468 g/mol. The highest BCUT2D eigenvalue weighted by Gasteiger charge is 2.35. The van der Waals surface area contributed by atoms with E-state index in [0.29, 0.717) is 6.07 Å². The molecule has 0 spiro atoms. The molecule has 0 aliphatic carbocycles. The van der Waals surface area contributed by atoms with E-state index >= 15 is 0 Å². The van der Waals surface area contributed by atoms with E-state index in [9.17, 15) is 27.2 Å². The van der Waals surface area contributed by atoms with Crippen LogP contribution in [0.2, 0.25) is 5.02 Å². The molecule has 2 aromatic rings. The Balaban J connectivity index is 2.06. The second-order valence-corrected chi connectivity index (χ2v) is 7.58. The van der Waals surface area contributed by atoms with Crippen molar-refractivity contribution in [2.75, 3.05) is 6.54 Å². The SMILES string of the molecule is CC(C)Oc1cc(F)ccc1Oc1cc(C(F)(F)F)c(Cl)cc1C(=O)NC1=CC(=O)CN=C1. The van der Waals surface area contributed by atoms with Crippen molar-refractivity contribution in [1.29, 1.82) is 0 Å². The van der Waals surface area contributed by atoms with E-state index in [0.717, 1.165) is 30.3 Å². The second kappa shape index (κ2) is 9.62. The standard InChI is InChI=1S/C22H17ClF4N2O4/c1-11(2)32-20-5-12(24)3-4-18(20)33-19-8-16(22(25,26)27)17(23)7-15(19)21(31)29-13-6-14(30)10-28-9-13/h3-9,11H,10H2,1-2H3,(H,29,31). The van der Waals surface area contributed by atoms with Gasteiger partial charge in [0, 0.05) is 18.4 Å². The summed E-state index contributed by atoms with van der Waals surface area (Å²) < 4.78 is 65.1. The Morgan fingerprint density at radius 2 is 1.88 bits per heavy atom. The zero-order valence-corrected chi connectivity index (χ0v) is 18.1. The number of dihydropyridines is 1. The molecule has 6 nitrogen and oxygen atoms in total. The predicted molar refractivity (Wildman–Crippen MR) is 113 cm³/mol. The van der Waals surface area contributed by atoms with Crippen LogP contribution in [-0.4, -0.2) is 30.6 Å². The van der Waals surface area contributed by atoms with Crippen LogP contribution in [0.4, 0.5) is 17.6 Å². The highest BCUT2D eigenvalue weighted by atomic mass is 35.5. The highest BCUT2D eigenvalue weighted by molar-refractivity contribution is 6.32. The number of nitrogens with zero attached hydrogens (tertiary/aromatic N) is 1. The minimum atomic E-state index is -4.84. The minimum absolute atomic E-state index is 0.0452. The molecule has 174 valence electrons. The Kier molecular flexibility index (Phi) is 7.06. The van der Waals surface area contributed by atoms with Crippen LogP contribution in [-0.2, 0) is 11.0 Å². The van der Waals surface area contributed by atoms with Crippen LogP contribution in [0.1, 0.15) is 29.8 Å². The molecule has 1 N–H and O–H groups in total. The molecular formula is C22H17ClF4N2O4. The maximum absolute atomic E-state index is 13.7. The van der Waals surface area contributed by atoms with Gasteiger partial charge in [0.15, 0.2) is 17.3 Å². The number of carbonyl (C=O) groups excluding carboxylic acids is 2. The second-order valence-electron chi connectivity index (χ2n) is 7.18. The summed E-state index contributed by atoms with van der Waals surface area (Å²) in [6.45, 7) is 3.25. The number of alkyl halides is 3. The summed E-state index contributed by atoms with van der Waals surface area (Å²) in [7, 11) is 0. The highest BCUT2D eigenvalue weighted by Crippen LogP contribution is 2.41. The maximum atomic E-state index is 13.7. The van der Waals surface area contributed by atoms with Crippen LogP contribution in [0.15, 0.2) is 47.1 Å². The summed E-state index contributed by atoms with van der Waals surface area (Å²) in [6.07, 6.45) is -2.87. The number of hydrogen-bond acceptors (Lipinski definition) is 5. The van der Waals surface area contributed by atoms with E-state index in [1.807, 2.05) is 0 Å². The smallest absolute Gasteiger partial charge is 0.417 e. The number of ketones is 1. The Morgan fingerprint density at radius 3 is 2.52 bits per heavy atom. The van der Waals surface area contributed by atoms with Gasteiger partial charge in [-0.05, 0) is 38.1 Å². The number of allylic oxidation sites excluding steroid dienone is 1. The number of ether oxygens (including phenoxy) is 2. The lowest BCUT2D eigenvalue weighted by Gasteiger charge is -2.19. The lowest BCUT2D eigenvalue weighted by atomic mass is 10.1. The van der Waals surface area contributed by atoms with Gasteiger partial charge in [0.25, 0.3) is 5.91 Å². The van der Waals surface area contributed by atoms with Crippen molar-refractivity contribution in [3.05, 3.63) is 64.1 Å². The molecule has 2 aromatic carbocycles. The molecule has 0 fully saturated rings. The molecule has 33 heavy (non-hydrogen) atoms. The summed E-state index contributed by atoms with van der Waals surface area (Å²) in [5, 5.41) is 1.64. The molecule has 0 bridgehead atoms. The van der Waals surface area contributed by atoms with Gasteiger partial charge in [-0.15, -0.1) is 0 Å². The third-order valence-corrected chi connectivity index (χ3v) is 4.47. The van der Waals surface area contributed by atoms with Gasteiger partial charge in [0.05, 0.1) is 28.0 Å². The number of halogens is 5. The van der Waals surface area contributed by atoms with Crippen molar-refractivity contribution in [3.63, 3.8) is 0 Å². The molecule has 0 saturated carbocycles. The molecule has 0 radical (unpaired) electrons. The first-order valence-electron chi connectivity index (χ1n) is 9.54. The number of nitrogens with one attached hydrogen (secondary N) is 1. The first kappa shape index (κ1) is 24.2. The molecule has 0 atom stereocenters. The molecule has 0 saturated heterocycles. The van der Waals surface area contributed by atoms with Crippen LogP contribution in [0.5, 0.6) is 17.2 Å². The number of carbonyl (C=O) groups is 2. The average Bonchev–Trinajstić information content (AvgIpc) is 2.69. The third kappa shape index (κ3) is 6.10. The zero-order valence-electron chi connectivity index (χ0n) is 17.3. The van der Waals surface area contributed by atoms with Crippen LogP contribution in [0, 0.1) is 5.82 Å². The van der Waals surface area contributed by atoms with Crippen LogP contribution in [0.25, 0.3) is 0 Å². The van der Waals surface area contributed by atoms with Crippen molar-refractivity contribution >= 4 is 29.5 Å². The average molecular weight is 485 g/mol. The largest absolute Gasteiger partial charge is 0.487 e. The maximum Gasteiger partial charge on any atom is 0.417 e. The number of hydrogen-bond donors (Lipinski definition) is 1. The van der Waals surface area contributed by atoms with E-state index in [-0.39, 0.29) is 35.1 Å². The van der Waals surface area contributed by atoms with E-state index in [4.69, 9.17) is 21.1 Å². The molecule has 1 aliphatic rings. The number of aliphatic imine (C=N–C) groups is 1. The number of rotatable bonds is 6. The molecule has 1 heterocycles. The minimum Gasteiger partial charge on any atom is -0.487 e. The normalized spacial score (nSPS) is 13.7. The molecule has 1 amide bonds. The van der Waals surface area contributed by atoms with Gasteiger partial charge >= 0.3 is 6.18 Å². The van der Waals surface area contributed by atoms with Crippen LogP contribution < -0.4 is 14.8 Å². The van der Waals surface area contributed by atoms with Crippen LogP contribution in [0.3, 0.4) is 0 Å². The van der Waals surface area contributed by atoms with Gasteiger partial charge < -0.3 is 14.8 Å². The van der Waals surface area contributed by atoms with Gasteiger partial charge in [0.2, 0.25) is 0 Å². The Hall–Kier alpha value is -3.40. The molecule has 1 aliphatic heterocycles. The summed E-state index contributed by atoms with van der Waals surface area (Å²) >= 11 is 5.79. The summed E-state index contributed by atoms with van der Waals surface area (Å²) in [4.78, 5) is 28.1. The van der Waals surface area contributed by atoms with Crippen LogP contribution >= 0.6 is 11.6 Å². The summed E-state index contributed by atoms with van der Waals surface area (Å²) in [6, 6.07) is 4.55. The monoisotopic (exact) mass is 484 g/mol. The third-order valence-electron chi connectivity index (χ3n) is 4.16. The molecule has 0 aromatic heterocycles. The van der Waals surface area contributed by atoms with Gasteiger partial charge in [-0.3, -0.25) is 14.6 Å². The zero-order chi connectivity index (χ0) is 24.3. The quantitative estimate of drug-likeness (QED) is 0.561. The fourth-order valence-electron chi connectivity index (χ4n) is 2.82. The van der Waals surface area contributed by atoms with Crippen molar-refractivity contribution in [2.24, 2.45) is 4.99 Å². The van der Waals surface area contributed by atoms with E-state index < -0.39 is 40.3 Å². The summed E-state index contributed by atoms with van der Waals surface area (Å²) in [5.41, 5.74) is -1.55. The van der Waals surface area contributed by atoms with E-state index in [2.05, 4.69) is 10.3 Å². The van der Waals surface area contributed by atoms with Gasteiger partial charge in [-0.1, -0.05) is 11.6 Å². The van der Waals surface area contributed by atoms with Gasteiger partial charge in [-0.25, -0.2) is 4.39 Å². The number of amides is 1. The van der Waals surface area contributed by atoms with Gasteiger partial charge in [0.1, 0.15) is 18.1 Å². The predicted octanol–water partition coefficient (Wildman–Crippen LogP) is 5.34. The van der Waals surface area contributed by atoms with Crippen molar-refractivity contribution in [2.45, 2.75) is 26.1 Å². The molecule has 3 rings (SSSR count). The fraction of sp³-hybridized carbons (Fsp3) is 0.227. The molecule has 0 unspecified atom stereocenters. The van der Waals surface area contributed by atoms with E-state index in [1.54, 1.807) is 13.8 Å². The fourth-order valence-corrected chi connectivity index (χ4v) is 3.09. The van der Waals surface area contributed by atoms with Crippen molar-refractivity contribution in [3.8, 4) is 17.2 Å². The van der Waals surface area contributed by atoms with E-state index in [1.165, 1.54) is 6.21 Å². The first-order valence-corrected chi connectivity index (χ1v) is 9.92.